The number of halogens is 1. The van der Waals surface area contributed by atoms with Crippen molar-refractivity contribution in [2.45, 2.75) is 24.7 Å². The zero-order valence-corrected chi connectivity index (χ0v) is 21.5. The van der Waals surface area contributed by atoms with Crippen LogP contribution in [0, 0.1) is 0 Å². The summed E-state index contributed by atoms with van der Waals surface area (Å²) in [4.78, 5) is 43.5. The summed E-state index contributed by atoms with van der Waals surface area (Å²) in [6, 6.07) is 22.8. The highest BCUT2D eigenvalue weighted by atomic mass is 35.5. The molecule has 1 aliphatic rings. The zero-order valence-electron chi connectivity index (χ0n) is 19.9. The summed E-state index contributed by atoms with van der Waals surface area (Å²) < 4.78 is 5.25. The molecular weight excluding hydrogens is 496 g/mol. The number of thioether (sulfide) groups is 1. The number of ether oxygens (including phenoxy) is 1. The van der Waals surface area contributed by atoms with E-state index < -0.39 is 17.8 Å². The van der Waals surface area contributed by atoms with E-state index in [4.69, 9.17) is 16.3 Å². The molecule has 36 heavy (non-hydrogen) atoms. The van der Waals surface area contributed by atoms with Gasteiger partial charge in [0.05, 0.1) is 17.9 Å². The summed E-state index contributed by atoms with van der Waals surface area (Å²) >= 11 is 7.23. The molecule has 0 saturated heterocycles. The topological polar surface area (TPSA) is 66.9 Å². The fourth-order valence-electron chi connectivity index (χ4n) is 3.66. The van der Waals surface area contributed by atoms with Crippen LogP contribution in [0.3, 0.4) is 0 Å². The van der Waals surface area contributed by atoms with Gasteiger partial charge in [0.1, 0.15) is 10.6 Å². The molecule has 0 fully saturated rings. The molecular formula is C28H25ClN2O4S. The Balaban J connectivity index is 1.65. The van der Waals surface area contributed by atoms with Crippen LogP contribution in [0.5, 0.6) is 0 Å². The largest absolute Gasteiger partial charge is 0.462 e. The smallest absolute Gasteiger partial charge is 0.338 e. The van der Waals surface area contributed by atoms with E-state index in [1.54, 1.807) is 60.5 Å². The van der Waals surface area contributed by atoms with Crippen molar-refractivity contribution in [1.82, 2.24) is 0 Å². The molecule has 0 aromatic heterocycles. The Hall–Kier alpha value is -3.55. The number of carbonyl (C=O) groups is 3. The van der Waals surface area contributed by atoms with Gasteiger partial charge in [-0.15, -0.1) is 0 Å². The molecule has 6 nitrogen and oxygen atoms in total. The first-order chi connectivity index (χ1) is 17.4. The molecule has 0 saturated carbocycles. The molecule has 184 valence electrons. The molecule has 0 radical (unpaired) electrons. The Kier molecular flexibility index (Phi) is 8.13. The van der Waals surface area contributed by atoms with E-state index in [0.29, 0.717) is 27.8 Å². The predicted molar refractivity (Wildman–Crippen MR) is 143 cm³/mol. The van der Waals surface area contributed by atoms with Crippen molar-refractivity contribution >= 4 is 52.5 Å². The number of nitrogens with zero attached hydrogens (tertiary/aromatic N) is 2. The zero-order chi connectivity index (χ0) is 25.7. The van der Waals surface area contributed by atoms with Crippen molar-refractivity contribution in [1.29, 1.82) is 0 Å². The summed E-state index contributed by atoms with van der Waals surface area (Å²) in [5.74, 6) is -1.31. The van der Waals surface area contributed by atoms with E-state index in [1.807, 2.05) is 37.3 Å². The lowest BCUT2D eigenvalue weighted by Gasteiger charge is -2.21. The first-order valence-electron chi connectivity index (χ1n) is 11.5. The van der Waals surface area contributed by atoms with Gasteiger partial charge in [0.15, 0.2) is 0 Å². The lowest BCUT2D eigenvalue weighted by Crippen LogP contribution is -2.34. The lowest BCUT2D eigenvalue weighted by atomic mass is 10.2. The molecule has 0 atom stereocenters. The van der Waals surface area contributed by atoms with Crippen LogP contribution in [0.2, 0.25) is 5.02 Å². The van der Waals surface area contributed by atoms with Gasteiger partial charge in [0.25, 0.3) is 11.8 Å². The first-order valence-corrected chi connectivity index (χ1v) is 12.7. The number of rotatable bonds is 9. The number of likely N-dealkylation sites (N-methyl/N-ethyl adjacent to an activating group) is 1. The molecule has 0 bridgehead atoms. The SMILES string of the molecule is CCCCOC(=O)c1ccc(N2C(=O)C(Sc3ccc(Cl)cc3)=C(N(C)c3ccccc3)C2=O)cc1. The molecule has 3 aromatic rings. The van der Waals surface area contributed by atoms with Gasteiger partial charge < -0.3 is 9.64 Å². The van der Waals surface area contributed by atoms with Crippen LogP contribution >= 0.6 is 23.4 Å². The fraction of sp³-hybridized carbons (Fsp3) is 0.179. The van der Waals surface area contributed by atoms with Gasteiger partial charge in [-0.1, -0.05) is 54.9 Å². The van der Waals surface area contributed by atoms with E-state index >= 15 is 0 Å². The fourth-order valence-corrected chi connectivity index (χ4v) is 4.79. The van der Waals surface area contributed by atoms with Crippen LogP contribution in [-0.2, 0) is 14.3 Å². The second kappa shape index (κ2) is 11.5. The molecule has 4 rings (SSSR count). The average Bonchev–Trinajstić information content (AvgIpc) is 3.14. The van der Waals surface area contributed by atoms with Crippen LogP contribution in [0.15, 0.2) is 94.4 Å². The van der Waals surface area contributed by atoms with Crippen molar-refractivity contribution in [3.05, 3.63) is 100 Å². The van der Waals surface area contributed by atoms with Crippen LogP contribution < -0.4 is 9.80 Å². The maximum atomic E-state index is 13.7. The molecule has 1 aliphatic heterocycles. The minimum absolute atomic E-state index is 0.272. The summed E-state index contributed by atoms with van der Waals surface area (Å²) in [6.07, 6.45) is 1.71. The Labute approximate surface area is 219 Å². The highest BCUT2D eigenvalue weighted by Gasteiger charge is 2.42. The number of benzene rings is 3. The van der Waals surface area contributed by atoms with Crippen LogP contribution in [-0.4, -0.2) is 31.4 Å². The van der Waals surface area contributed by atoms with E-state index in [2.05, 4.69) is 0 Å². The van der Waals surface area contributed by atoms with Crippen molar-refractivity contribution in [2.24, 2.45) is 0 Å². The number of hydrogen-bond acceptors (Lipinski definition) is 6. The van der Waals surface area contributed by atoms with Crippen LogP contribution in [0.25, 0.3) is 0 Å². The van der Waals surface area contributed by atoms with Gasteiger partial charge in [-0.05, 0) is 67.1 Å². The van der Waals surface area contributed by atoms with Crippen molar-refractivity contribution in [2.75, 3.05) is 23.5 Å². The second-order valence-electron chi connectivity index (χ2n) is 8.11. The number of amides is 2. The van der Waals surface area contributed by atoms with Crippen molar-refractivity contribution < 1.29 is 19.1 Å². The standard InChI is InChI=1S/C28H25ClN2O4S/c1-3-4-18-35-28(34)19-10-14-22(15-11-19)31-26(32)24(30(2)21-8-6-5-7-9-21)25(27(31)33)36-23-16-12-20(29)13-17-23/h5-17H,3-4,18H2,1-2H3. The molecule has 8 heteroatoms. The van der Waals surface area contributed by atoms with Crippen molar-refractivity contribution in [3.63, 3.8) is 0 Å². The summed E-state index contributed by atoms with van der Waals surface area (Å²) in [5, 5.41) is 0.582. The van der Waals surface area contributed by atoms with E-state index in [-0.39, 0.29) is 5.70 Å². The number of para-hydroxylation sites is 1. The number of anilines is 2. The maximum absolute atomic E-state index is 13.7. The first kappa shape index (κ1) is 25.5. The summed E-state index contributed by atoms with van der Waals surface area (Å²) in [6.45, 7) is 2.37. The van der Waals surface area contributed by atoms with E-state index in [0.717, 1.165) is 28.3 Å². The third-order valence-electron chi connectivity index (χ3n) is 5.62. The second-order valence-corrected chi connectivity index (χ2v) is 9.63. The Morgan fingerprint density at radius 1 is 0.944 bits per heavy atom. The van der Waals surface area contributed by atoms with Gasteiger partial charge in [-0.3, -0.25) is 9.59 Å². The van der Waals surface area contributed by atoms with Crippen LogP contribution in [0.1, 0.15) is 30.1 Å². The van der Waals surface area contributed by atoms with Crippen LogP contribution in [0.4, 0.5) is 11.4 Å². The number of unbranched alkanes of at least 4 members (excludes halogenated alkanes) is 1. The molecule has 0 N–H and O–H groups in total. The summed E-state index contributed by atoms with van der Waals surface area (Å²) in [7, 11) is 1.76. The highest BCUT2D eigenvalue weighted by Crippen LogP contribution is 2.39. The molecule has 0 aliphatic carbocycles. The summed E-state index contributed by atoms with van der Waals surface area (Å²) in [5.41, 5.74) is 1.78. The number of esters is 1. The Morgan fingerprint density at radius 3 is 2.25 bits per heavy atom. The predicted octanol–water partition coefficient (Wildman–Crippen LogP) is 6.31. The third-order valence-corrected chi connectivity index (χ3v) is 6.95. The molecule has 0 unspecified atom stereocenters. The number of imide groups is 1. The maximum Gasteiger partial charge on any atom is 0.338 e. The number of carbonyl (C=O) groups excluding carboxylic acids is 3. The van der Waals surface area contributed by atoms with Gasteiger partial charge in [-0.2, -0.15) is 0 Å². The number of hydrogen-bond donors (Lipinski definition) is 0. The van der Waals surface area contributed by atoms with Gasteiger partial charge in [0, 0.05) is 22.7 Å². The van der Waals surface area contributed by atoms with Gasteiger partial charge >= 0.3 is 5.97 Å². The minimum Gasteiger partial charge on any atom is -0.462 e. The highest BCUT2D eigenvalue weighted by molar-refractivity contribution is 8.04. The van der Waals surface area contributed by atoms with Gasteiger partial charge in [-0.25, -0.2) is 9.69 Å². The minimum atomic E-state index is -0.443. The monoisotopic (exact) mass is 520 g/mol. The molecule has 2 amide bonds. The molecule has 0 spiro atoms. The van der Waals surface area contributed by atoms with E-state index in [1.165, 1.54) is 11.8 Å². The third kappa shape index (κ3) is 5.48. The van der Waals surface area contributed by atoms with Gasteiger partial charge in [0.2, 0.25) is 0 Å². The molecule has 1 heterocycles. The van der Waals surface area contributed by atoms with E-state index in [9.17, 15) is 14.4 Å². The molecule has 3 aromatic carbocycles. The normalized spacial score (nSPS) is 13.4. The Morgan fingerprint density at radius 2 is 1.61 bits per heavy atom. The quantitative estimate of drug-likeness (QED) is 0.187. The Bertz CT molecular complexity index is 1290. The average molecular weight is 521 g/mol. The van der Waals surface area contributed by atoms with Crippen molar-refractivity contribution in [3.8, 4) is 0 Å². The lowest BCUT2D eigenvalue weighted by molar-refractivity contribution is -0.120.